The summed E-state index contributed by atoms with van der Waals surface area (Å²) in [5.74, 6) is 0. The van der Waals surface area contributed by atoms with E-state index in [1.807, 2.05) is 6.07 Å². The molecule has 3 nitrogen and oxygen atoms in total. The molecule has 0 saturated heterocycles. The van der Waals surface area contributed by atoms with Crippen LogP contribution in [0, 0.1) is 0 Å². The average molecular weight is 264 g/mol. The molecule has 2 N–H and O–H groups in total. The molecule has 0 radical (unpaired) electrons. The Morgan fingerprint density at radius 2 is 1.85 bits per heavy atom. The van der Waals surface area contributed by atoms with Gasteiger partial charge in [-0.1, -0.05) is 46.3 Å². The quantitative estimate of drug-likeness (QED) is 0.839. The second kappa shape index (κ2) is 4.21. The molecule has 0 aliphatic rings. The molecule has 1 rings (SSSR count). The van der Waals surface area contributed by atoms with Crippen LogP contribution >= 0.6 is 15.9 Å². The highest BCUT2D eigenvalue weighted by molar-refractivity contribution is 9.09. The zero-order valence-electron chi connectivity index (χ0n) is 6.85. The summed E-state index contributed by atoms with van der Waals surface area (Å²) in [5, 5.41) is 4.72. The smallest absolute Gasteiger partial charge is 0.216 e. The van der Waals surface area contributed by atoms with Gasteiger partial charge in [0.05, 0.1) is 0 Å². The topological polar surface area (TPSA) is 60.2 Å². The summed E-state index contributed by atoms with van der Waals surface area (Å²) in [4.78, 5) is 0. The normalized spacial score (nSPS) is 14.0. The first-order valence-corrected chi connectivity index (χ1v) is 6.41. The van der Waals surface area contributed by atoms with Gasteiger partial charge in [0.15, 0.2) is 0 Å². The summed E-state index contributed by atoms with van der Waals surface area (Å²) < 4.78 is 22.2. The summed E-state index contributed by atoms with van der Waals surface area (Å²) in [6.45, 7) is 0. The Labute approximate surface area is 86.1 Å². The monoisotopic (exact) mass is 263 g/mol. The maximum absolute atomic E-state index is 11.1. The van der Waals surface area contributed by atoms with Gasteiger partial charge in [0.1, 0.15) is 5.25 Å². The molecule has 0 aliphatic heterocycles. The lowest BCUT2D eigenvalue weighted by Crippen LogP contribution is -2.22. The van der Waals surface area contributed by atoms with Gasteiger partial charge in [-0.2, -0.15) is 0 Å². The molecule has 0 heterocycles. The maximum atomic E-state index is 11.1. The van der Waals surface area contributed by atoms with E-state index in [1.54, 1.807) is 24.3 Å². The lowest BCUT2D eigenvalue weighted by Gasteiger charge is -2.11. The Balaban J connectivity index is 3.06. The number of hydrogen-bond acceptors (Lipinski definition) is 2. The first-order chi connectivity index (χ1) is 6.05. The van der Waals surface area contributed by atoms with Crippen LogP contribution in [-0.2, 0) is 10.0 Å². The van der Waals surface area contributed by atoms with Gasteiger partial charge in [-0.3, -0.25) is 0 Å². The van der Waals surface area contributed by atoms with Crippen molar-refractivity contribution in [2.75, 3.05) is 5.33 Å². The van der Waals surface area contributed by atoms with Crippen LogP contribution in [0.15, 0.2) is 30.3 Å². The highest BCUT2D eigenvalue weighted by Crippen LogP contribution is 2.21. The van der Waals surface area contributed by atoms with Crippen molar-refractivity contribution in [3.05, 3.63) is 35.9 Å². The molecule has 72 valence electrons. The van der Waals surface area contributed by atoms with Gasteiger partial charge >= 0.3 is 0 Å². The number of hydrogen-bond donors (Lipinski definition) is 1. The number of primary sulfonamides is 1. The predicted molar refractivity (Wildman–Crippen MR) is 56.1 cm³/mol. The molecule has 0 aromatic heterocycles. The molecule has 0 amide bonds. The van der Waals surface area contributed by atoms with Crippen molar-refractivity contribution in [3.8, 4) is 0 Å². The lowest BCUT2D eigenvalue weighted by atomic mass is 10.2. The van der Waals surface area contributed by atoms with E-state index in [-0.39, 0.29) is 0 Å². The summed E-state index contributed by atoms with van der Waals surface area (Å²) in [5.41, 5.74) is 0.710. The van der Waals surface area contributed by atoms with E-state index >= 15 is 0 Å². The fourth-order valence-electron chi connectivity index (χ4n) is 1.03. The van der Waals surface area contributed by atoms with Crippen LogP contribution in [0.1, 0.15) is 10.8 Å². The standard InChI is InChI=1S/C8H10BrNO2S/c9-6-8(13(10,11)12)7-4-2-1-3-5-7/h1-5,8H,6H2,(H2,10,11,12). The molecule has 13 heavy (non-hydrogen) atoms. The second-order valence-electron chi connectivity index (χ2n) is 2.64. The van der Waals surface area contributed by atoms with E-state index in [0.29, 0.717) is 10.9 Å². The zero-order valence-corrected chi connectivity index (χ0v) is 9.25. The van der Waals surface area contributed by atoms with Crippen molar-refractivity contribution in [1.82, 2.24) is 0 Å². The Hall–Kier alpha value is -0.390. The number of nitrogens with two attached hydrogens (primary N) is 1. The van der Waals surface area contributed by atoms with Gasteiger partial charge in [0, 0.05) is 5.33 Å². The Morgan fingerprint density at radius 3 is 2.23 bits per heavy atom. The van der Waals surface area contributed by atoms with Gasteiger partial charge in [0.2, 0.25) is 10.0 Å². The van der Waals surface area contributed by atoms with E-state index < -0.39 is 15.3 Å². The van der Waals surface area contributed by atoms with Gasteiger partial charge in [-0.05, 0) is 5.56 Å². The van der Waals surface area contributed by atoms with Crippen LogP contribution in [0.4, 0.5) is 0 Å². The van der Waals surface area contributed by atoms with Crippen LogP contribution < -0.4 is 5.14 Å². The van der Waals surface area contributed by atoms with Gasteiger partial charge in [-0.15, -0.1) is 0 Å². The van der Waals surface area contributed by atoms with E-state index in [2.05, 4.69) is 15.9 Å². The largest absolute Gasteiger partial charge is 0.228 e. The Morgan fingerprint density at radius 1 is 1.31 bits per heavy atom. The summed E-state index contributed by atoms with van der Waals surface area (Å²) in [6.07, 6.45) is 0. The highest BCUT2D eigenvalue weighted by atomic mass is 79.9. The predicted octanol–water partition coefficient (Wildman–Crippen LogP) is 1.41. The maximum Gasteiger partial charge on any atom is 0.216 e. The molecule has 0 bridgehead atoms. The van der Waals surface area contributed by atoms with E-state index in [4.69, 9.17) is 5.14 Å². The molecular formula is C8H10BrNO2S. The number of benzene rings is 1. The molecule has 1 atom stereocenters. The minimum Gasteiger partial charge on any atom is -0.228 e. The van der Waals surface area contributed by atoms with Gasteiger partial charge < -0.3 is 0 Å². The van der Waals surface area contributed by atoms with Crippen molar-refractivity contribution in [2.45, 2.75) is 5.25 Å². The molecular weight excluding hydrogens is 254 g/mol. The molecule has 0 aliphatic carbocycles. The number of rotatable bonds is 3. The molecule has 1 aromatic carbocycles. The molecule has 0 saturated carbocycles. The van der Waals surface area contributed by atoms with Gasteiger partial charge in [-0.25, -0.2) is 13.6 Å². The fourth-order valence-corrected chi connectivity index (χ4v) is 3.23. The van der Waals surface area contributed by atoms with Crippen molar-refractivity contribution < 1.29 is 8.42 Å². The SMILES string of the molecule is NS(=O)(=O)C(CBr)c1ccccc1. The third kappa shape index (κ3) is 2.79. The van der Waals surface area contributed by atoms with Crippen molar-refractivity contribution in [2.24, 2.45) is 5.14 Å². The zero-order chi connectivity index (χ0) is 9.90. The van der Waals surface area contributed by atoms with Crippen molar-refractivity contribution >= 4 is 26.0 Å². The van der Waals surface area contributed by atoms with Crippen molar-refractivity contribution in [3.63, 3.8) is 0 Å². The Kier molecular flexibility index (Phi) is 3.47. The Bertz CT molecular complexity index is 363. The number of alkyl halides is 1. The van der Waals surface area contributed by atoms with Crippen LogP contribution in [0.2, 0.25) is 0 Å². The van der Waals surface area contributed by atoms with Crippen LogP contribution in [0.3, 0.4) is 0 Å². The molecule has 0 spiro atoms. The van der Waals surface area contributed by atoms with E-state index in [0.717, 1.165) is 0 Å². The summed E-state index contributed by atoms with van der Waals surface area (Å²) in [6, 6.07) is 8.90. The first-order valence-electron chi connectivity index (χ1n) is 3.68. The molecule has 1 aromatic rings. The van der Waals surface area contributed by atoms with Crippen molar-refractivity contribution in [1.29, 1.82) is 0 Å². The first kappa shape index (κ1) is 10.7. The van der Waals surface area contributed by atoms with Gasteiger partial charge in [0.25, 0.3) is 0 Å². The summed E-state index contributed by atoms with van der Waals surface area (Å²) in [7, 11) is -3.51. The minimum absolute atomic E-state index is 0.315. The van der Waals surface area contributed by atoms with E-state index in [9.17, 15) is 8.42 Å². The molecule has 1 unspecified atom stereocenters. The van der Waals surface area contributed by atoms with Crippen LogP contribution in [0.25, 0.3) is 0 Å². The highest BCUT2D eigenvalue weighted by Gasteiger charge is 2.21. The van der Waals surface area contributed by atoms with Crippen LogP contribution in [0.5, 0.6) is 0 Å². The molecule has 0 fully saturated rings. The second-order valence-corrected chi connectivity index (χ2v) is 5.04. The van der Waals surface area contributed by atoms with Crippen LogP contribution in [-0.4, -0.2) is 13.7 Å². The fraction of sp³-hybridized carbons (Fsp3) is 0.250. The number of sulfonamides is 1. The molecule has 5 heteroatoms. The lowest BCUT2D eigenvalue weighted by molar-refractivity contribution is 0.589. The minimum atomic E-state index is -3.51. The number of halogens is 1. The third-order valence-corrected chi connectivity index (χ3v) is 4.02. The third-order valence-electron chi connectivity index (χ3n) is 1.71. The average Bonchev–Trinajstić information content (AvgIpc) is 2.05. The van der Waals surface area contributed by atoms with E-state index in [1.165, 1.54) is 0 Å². The summed E-state index contributed by atoms with van der Waals surface area (Å²) >= 11 is 3.13.